The van der Waals surface area contributed by atoms with E-state index in [1.807, 2.05) is 34.7 Å². The second-order valence-electron chi connectivity index (χ2n) is 5.77. The molecule has 1 N–H and O–H groups in total. The number of benzene rings is 1. The van der Waals surface area contributed by atoms with E-state index in [-0.39, 0.29) is 6.03 Å². The van der Waals surface area contributed by atoms with Crippen molar-refractivity contribution in [2.75, 3.05) is 20.8 Å². The highest BCUT2D eigenvalue weighted by atomic mass is 16.5. The summed E-state index contributed by atoms with van der Waals surface area (Å²) in [6.07, 6.45) is 2.59. The normalized spacial score (nSPS) is 13.4. The fourth-order valence-corrected chi connectivity index (χ4v) is 2.87. The summed E-state index contributed by atoms with van der Waals surface area (Å²) < 4.78 is 12.5. The van der Waals surface area contributed by atoms with Crippen LogP contribution in [-0.4, -0.2) is 41.2 Å². The minimum absolute atomic E-state index is 0.0726. The Labute approximate surface area is 141 Å². The molecular formula is C17H22N4O3. The van der Waals surface area contributed by atoms with Gasteiger partial charge in [0.15, 0.2) is 11.5 Å². The molecule has 0 spiro atoms. The van der Waals surface area contributed by atoms with Gasteiger partial charge in [0.05, 0.1) is 38.5 Å². The van der Waals surface area contributed by atoms with Crippen molar-refractivity contribution in [1.82, 2.24) is 19.8 Å². The van der Waals surface area contributed by atoms with Crippen LogP contribution in [0.5, 0.6) is 11.5 Å². The Hall–Kier alpha value is -2.70. The van der Waals surface area contributed by atoms with Crippen molar-refractivity contribution in [3.8, 4) is 11.5 Å². The van der Waals surface area contributed by atoms with Gasteiger partial charge >= 0.3 is 6.03 Å². The van der Waals surface area contributed by atoms with E-state index < -0.39 is 0 Å². The molecule has 0 saturated heterocycles. The molecule has 0 atom stereocenters. The van der Waals surface area contributed by atoms with Crippen molar-refractivity contribution < 1.29 is 14.3 Å². The molecular weight excluding hydrogens is 308 g/mol. The number of carbonyl (C=O) groups is 1. The Morgan fingerprint density at radius 2 is 2.08 bits per heavy atom. The van der Waals surface area contributed by atoms with Crippen LogP contribution in [-0.2, 0) is 26.6 Å². The quantitative estimate of drug-likeness (QED) is 0.926. The SMILES string of the molecule is COc1ccc(CNC(=O)N2CCc3ncn(C)c3C2)cc1OC. The topological polar surface area (TPSA) is 68.6 Å². The molecule has 24 heavy (non-hydrogen) atoms. The maximum atomic E-state index is 12.4. The molecule has 0 radical (unpaired) electrons. The Bertz CT molecular complexity index is 741. The lowest BCUT2D eigenvalue weighted by atomic mass is 10.1. The highest BCUT2D eigenvalue weighted by Gasteiger charge is 2.23. The minimum Gasteiger partial charge on any atom is -0.493 e. The molecule has 0 fully saturated rings. The summed E-state index contributed by atoms with van der Waals surface area (Å²) in [6.45, 7) is 1.71. The number of rotatable bonds is 4. The molecule has 1 aliphatic rings. The fourth-order valence-electron chi connectivity index (χ4n) is 2.87. The van der Waals surface area contributed by atoms with Crippen LogP contribution >= 0.6 is 0 Å². The average molecular weight is 330 g/mol. The number of hydrogen-bond donors (Lipinski definition) is 1. The number of hydrogen-bond acceptors (Lipinski definition) is 4. The molecule has 0 aliphatic carbocycles. The van der Waals surface area contributed by atoms with Gasteiger partial charge in [0, 0.05) is 26.6 Å². The minimum atomic E-state index is -0.0726. The maximum absolute atomic E-state index is 12.4. The van der Waals surface area contributed by atoms with Crippen molar-refractivity contribution in [3.05, 3.63) is 41.5 Å². The van der Waals surface area contributed by atoms with Gasteiger partial charge in [-0.3, -0.25) is 0 Å². The van der Waals surface area contributed by atoms with Gasteiger partial charge < -0.3 is 24.3 Å². The number of urea groups is 1. The largest absolute Gasteiger partial charge is 0.493 e. The number of ether oxygens (including phenoxy) is 2. The van der Waals surface area contributed by atoms with Crippen LogP contribution in [0.1, 0.15) is 17.0 Å². The number of amides is 2. The van der Waals surface area contributed by atoms with Gasteiger partial charge in [0.2, 0.25) is 0 Å². The number of methoxy groups -OCH3 is 2. The first-order chi connectivity index (χ1) is 11.6. The molecule has 7 nitrogen and oxygen atoms in total. The molecule has 0 unspecified atom stereocenters. The van der Waals surface area contributed by atoms with Crippen molar-refractivity contribution in [2.45, 2.75) is 19.5 Å². The first-order valence-electron chi connectivity index (χ1n) is 7.85. The van der Waals surface area contributed by atoms with E-state index in [1.165, 1.54) is 0 Å². The van der Waals surface area contributed by atoms with E-state index in [0.29, 0.717) is 31.1 Å². The van der Waals surface area contributed by atoms with E-state index in [2.05, 4.69) is 10.3 Å². The van der Waals surface area contributed by atoms with E-state index in [0.717, 1.165) is 23.4 Å². The summed E-state index contributed by atoms with van der Waals surface area (Å²) in [6, 6.07) is 5.55. The van der Waals surface area contributed by atoms with Gasteiger partial charge in [-0.2, -0.15) is 0 Å². The first kappa shape index (κ1) is 16.2. The third kappa shape index (κ3) is 3.15. The molecule has 1 aromatic heterocycles. The lowest BCUT2D eigenvalue weighted by Crippen LogP contribution is -2.42. The van der Waals surface area contributed by atoms with Gasteiger partial charge in [0.1, 0.15) is 0 Å². The molecule has 1 aliphatic heterocycles. The van der Waals surface area contributed by atoms with Crippen molar-refractivity contribution in [1.29, 1.82) is 0 Å². The van der Waals surface area contributed by atoms with Crippen LogP contribution in [0.4, 0.5) is 4.79 Å². The summed E-state index contributed by atoms with van der Waals surface area (Å²) in [5.74, 6) is 1.33. The highest BCUT2D eigenvalue weighted by Crippen LogP contribution is 2.27. The zero-order valence-electron chi connectivity index (χ0n) is 14.2. The van der Waals surface area contributed by atoms with Gasteiger partial charge in [-0.15, -0.1) is 0 Å². The zero-order chi connectivity index (χ0) is 17.1. The summed E-state index contributed by atoms with van der Waals surface area (Å²) in [7, 11) is 5.15. The third-order valence-electron chi connectivity index (χ3n) is 4.28. The summed E-state index contributed by atoms with van der Waals surface area (Å²) in [5, 5.41) is 2.96. The van der Waals surface area contributed by atoms with Crippen molar-refractivity contribution >= 4 is 6.03 Å². The van der Waals surface area contributed by atoms with Crippen LogP contribution in [0.3, 0.4) is 0 Å². The molecule has 0 saturated carbocycles. The first-order valence-corrected chi connectivity index (χ1v) is 7.85. The number of carbonyl (C=O) groups excluding carboxylic acids is 1. The van der Waals surface area contributed by atoms with Crippen LogP contribution < -0.4 is 14.8 Å². The maximum Gasteiger partial charge on any atom is 0.318 e. The molecule has 2 amide bonds. The van der Waals surface area contributed by atoms with E-state index in [1.54, 1.807) is 20.5 Å². The number of aryl methyl sites for hydroxylation is 1. The Kier molecular flexibility index (Phi) is 4.59. The lowest BCUT2D eigenvalue weighted by molar-refractivity contribution is 0.190. The van der Waals surface area contributed by atoms with Crippen LogP contribution in [0.25, 0.3) is 0 Å². The second kappa shape index (κ2) is 6.82. The fraction of sp³-hybridized carbons (Fsp3) is 0.412. The number of fused-ring (bicyclic) bond motifs is 1. The molecule has 0 bridgehead atoms. The molecule has 7 heteroatoms. The van der Waals surface area contributed by atoms with E-state index in [4.69, 9.17) is 9.47 Å². The van der Waals surface area contributed by atoms with Gasteiger partial charge in [0.25, 0.3) is 0 Å². The molecule has 128 valence electrons. The van der Waals surface area contributed by atoms with Crippen molar-refractivity contribution in [2.24, 2.45) is 7.05 Å². The van der Waals surface area contributed by atoms with Crippen molar-refractivity contribution in [3.63, 3.8) is 0 Å². The molecule has 1 aromatic carbocycles. The van der Waals surface area contributed by atoms with Gasteiger partial charge in [-0.1, -0.05) is 6.07 Å². The summed E-state index contributed by atoms with van der Waals surface area (Å²) in [4.78, 5) is 18.6. The number of nitrogens with zero attached hydrogens (tertiary/aromatic N) is 3. The summed E-state index contributed by atoms with van der Waals surface area (Å²) in [5.41, 5.74) is 3.14. The Balaban J connectivity index is 1.61. The van der Waals surface area contributed by atoms with Gasteiger partial charge in [-0.25, -0.2) is 9.78 Å². The smallest absolute Gasteiger partial charge is 0.318 e. The second-order valence-corrected chi connectivity index (χ2v) is 5.77. The Morgan fingerprint density at radius 3 is 2.83 bits per heavy atom. The van der Waals surface area contributed by atoms with E-state index >= 15 is 0 Å². The molecule has 3 rings (SSSR count). The molecule has 2 aromatic rings. The summed E-state index contributed by atoms with van der Waals surface area (Å²) >= 11 is 0. The third-order valence-corrected chi connectivity index (χ3v) is 4.28. The highest BCUT2D eigenvalue weighted by molar-refractivity contribution is 5.74. The predicted molar refractivity (Wildman–Crippen MR) is 89.1 cm³/mol. The van der Waals surface area contributed by atoms with E-state index in [9.17, 15) is 4.79 Å². The lowest BCUT2D eigenvalue weighted by Gasteiger charge is -2.27. The van der Waals surface area contributed by atoms with Crippen LogP contribution in [0.15, 0.2) is 24.5 Å². The average Bonchev–Trinajstić information content (AvgIpc) is 2.99. The molecule has 2 heterocycles. The standard InChI is InChI=1S/C17H22N4O3/c1-20-11-19-13-6-7-21(10-14(13)20)17(22)18-9-12-4-5-15(23-2)16(8-12)24-3/h4-5,8,11H,6-7,9-10H2,1-3H3,(H,18,22). The predicted octanol–water partition coefficient (Wildman–Crippen LogP) is 1.71. The van der Waals surface area contributed by atoms with Crippen LogP contribution in [0.2, 0.25) is 0 Å². The van der Waals surface area contributed by atoms with Crippen LogP contribution in [0, 0.1) is 0 Å². The number of nitrogens with one attached hydrogen (secondary N) is 1. The number of aromatic nitrogens is 2. The number of imidazole rings is 1. The monoisotopic (exact) mass is 330 g/mol. The van der Waals surface area contributed by atoms with Gasteiger partial charge in [-0.05, 0) is 17.7 Å². The zero-order valence-corrected chi connectivity index (χ0v) is 14.2. The Morgan fingerprint density at radius 1 is 1.29 bits per heavy atom.